The van der Waals surface area contributed by atoms with Gasteiger partial charge in [-0.1, -0.05) is 67.5 Å². The van der Waals surface area contributed by atoms with Crippen molar-refractivity contribution in [3.63, 3.8) is 0 Å². The van der Waals surface area contributed by atoms with Crippen molar-refractivity contribution in [2.75, 3.05) is 0 Å². The van der Waals surface area contributed by atoms with Crippen molar-refractivity contribution in [1.82, 2.24) is 0 Å². The summed E-state index contributed by atoms with van der Waals surface area (Å²) in [5.41, 5.74) is 4.56. The van der Waals surface area contributed by atoms with Gasteiger partial charge in [-0.3, -0.25) is 0 Å². The second kappa shape index (κ2) is 12.1. The fraction of sp³-hybridized carbons (Fsp3) is 0.286. The fourth-order valence-electron chi connectivity index (χ4n) is 4.74. The molecule has 1 atom stereocenters. The van der Waals surface area contributed by atoms with Gasteiger partial charge in [-0.2, -0.15) is 43.6 Å². The first-order valence-electron chi connectivity index (χ1n) is 10.8. The molecule has 0 saturated carbocycles. The summed E-state index contributed by atoms with van der Waals surface area (Å²) in [5.74, 6) is -0.318. The first-order chi connectivity index (χ1) is 15.8. The Hall–Kier alpha value is -1.57. The molecule has 2 aliphatic carbocycles. The van der Waals surface area contributed by atoms with E-state index in [0.29, 0.717) is 17.6 Å². The predicted molar refractivity (Wildman–Crippen MR) is 121 cm³/mol. The summed E-state index contributed by atoms with van der Waals surface area (Å²) in [5, 5.41) is 0. The molecule has 0 spiro atoms. The molecule has 0 N–H and O–H groups in total. The summed E-state index contributed by atoms with van der Waals surface area (Å²) >= 11 is 0. The first-order valence-corrected chi connectivity index (χ1v) is 10.8. The Kier molecular flexibility index (Phi) is 10.9. The average molecular weight is 723 g/mol. The molecule has 198 valence electrons. The molecule has 1 unspecified atom stereocenters. The molecular formula is C28H23Cl2F6Hf-3. The van der Waals surface area contributed by atoms with E-state index in [0.717, 1.165) is 40.0 Å². The van der Waals surface area contributed by atoms with E-state index < -0.39 is 23.5 Å². The van der Waals surface area contributed by atoms with Crippen LogP contribution in [0.2, 0.25) is 0 Å². The van der Waals surface area contributed by atoms with Gasteiger partial charge in [0.25, 0.3) is 0 Å². The molecule has 2 aromatic rings. The van der Waals surface area contributed by atoms with Crippen LogP contribution in [-0.2, 0) is 38.2 Å². The van der Waals surface area contributed by atoms with Crippen molar-refractivity contribution >= 4 is 11.1 Å². The molecule has 0 amide bonds. The van der Waals surface area contributed by atoms with Crippen LogP contribution in [0.25, 0.3) is 11.1 Å². The van der Waals surface area contributed by atoms with Gasteiger partial charge in [0.1, 0.15) is 0 Å². The SMILES string of the molecule is CC1=C(C)C(c2ccccc2)=C(C2[C-]=C(c3cc(C(F)(F)F)cc(C(F)(F)F)c3)C(C)=C2C)C1.[Cl-].[Cl-].[Hf]. The van der Waals surface area contributed by atoms with E-state index in [1.165, 1.54) is 5.57 Å². The maximum absolute atomic E-state index is 13.4. The number of hydrogen-bond donors (Lipinski definition) is 0. The van der Waals surface area contributed by atoms with Gasteiger partial charge in [0, 0.05) is 37.0 Å². The molecule has 0 aliphatic heterocycles. The Labute approximate surface area is 244 Å². The largest absolute Gasteiger partial charge is 1.00 e. The zero-order chi connectivity index (χ0) is 25.0. The minimum atomic E-state index is -4.89. The normalized spacial score (nSPS) is 17.9. The molecule has 0 radical (unpaired) electrons. The Morgan fingerprint density at radius 2 is 1.24 bits per heavy atom. The van der Waals surface area contributed by atoms with E-state index in [2.05, 4.69) is 6.08 Å². The number of rotatable bonds is 3. The maximum atomic E-state index is 13.4. The van der Waals surface area contributed by atoms with E-state index in [-0.39, 0.29) is 68.2 Å². The maximum Gasteiger partial charge on any atom is 0.415 e. The van der Waals surface area contributed by atoms with Crippen molar-refractivity contribution in [2.24, 2.45) is 5.92 Å². The molecular weight excluding hydrogens is 700 g/mol. The summed E-state index contributed by atoms with van der Waals surface area (Å²) in [6.45, 7) is 7.69. The molecule has 0 fully saturated rings. The van der Waals surface area contributed by atoms with Crippen molar-refractivity contribution in [3.05, 3.63) is 105 Å². The fourth-order valence-corrected chi connectivity index (χ4v) is 4.74. The smallest absolute Gasteiger partial charge is 0.415 e. The zero-order valence-corrected chi connectivity index (χ0v) is 25.5. The number of benzene rings is 2. The molecule has 9 heteroatoms. The van der Waals surface area contributed by atoms with Gasteiger partial charge < -0.3 is 24.8 Å². The molecule has 0 bridgehead atoms. The van der Waals surface area contributed by atoms with Crippen molar-refractivity contribution < 1.29 is 77.0 Å². The Morgan fingerprint density at radius 1 is 0.730 bits per heavy atom. The minimum absolute atomic E-state index is 0. The second-order valence-electron chi connectivity index (χ2n) is 8.90. The van der Waals surface area contributed by atoms with Gasteiger partial charge in [0.05, 0.1) is 0 Å². The van der Waals surface area contributed by atoms with Crippen LogP contribution < -0.4 is 24.8 Å². The third-order valence-corrected chi connectivity index (χ3v) is 6.77. The van der Waals surface area contributed by atoms with Crippen LogP contribution in [0, 0.1) is 12.0 Å². The summed E-state index contributed by atoms with van der Waals surface area (Å²) in [6.07, 6.45) is -5.84. The quantitative estimate of drug-likeness (QED) is 0.260. The molecule has 4 rings (SSSR count). The van der Waals surface area contributed by atoms with Gasteiger partial charge in [0.15, 0.2) is 0 Å². The zero-order valence-electron chi connectivity index (χ0n) is 20.4. The second-order valence-corrected chi connectivity index (χ2v) is 8.90. The monoisotopic (exact) mass is 723 g/mol. The van der Waals surface area contributed by atoms with Crippen LogP contribution in [0.5, 0.6) is 0 Å². The number of hydrogen-bond acceptors (Lipinski definition) is 0. The van der Waals surface area contributed by atoms with Crippen molar-refractivity contribution in [1.29, 1.82) is 0 Å². The minimum Gasteiger partial charge on any atom is -1.00 e. The molecule has 2 aliphatic rings. The molecule has 0 nitrogen and oxygen atoms in total. The van der Waals surface area contributed by atoms with Crippen molar-refractivity contribution in [3.8, 4) is 0 Å². The summed E-state index contributed by atoms with van der Waals surface area (Å²) in [4.78, 5) is 0. The molecule has 37 heavy (non-hydrogen) atoms. The van der Waals surface area contributed by atoms with Crippen LogP contribution in [0.4, 0.5) is 26.3 Å². The van der Waals surface area contributed by atoms with Crippen LogP contribution in [0.15, 0.2) is 76.4 Å². The topological polar surface area (TPSA) is 0 Å². The summed E-state index contributed by atoms with van der Waals surface area (Å²) < 4.78 is 80.5. The van der Waals surface area contributed by atoms with Crippen LogP contribution in [0.1, 0.15) is 56.4 Å². The first kappa shape index (κ1) is 33.5. The molecule has 0 heterocycles. The number of halogens is 8. The van der Waals surface area contributed by atoms with Crippen LogP contribution in [-0.4, -0.2) is 0 Å². The Morgan fingerprint density at radius 3 is 1.73 bits per heavy atom. The van der Waals surface area contributed by atoms with E-state index in [4.69, 9.17) is 0 Å². The van der Waals surface area contributed by atoms with Gasteiger partial charge in [0.2, 0.25) is 0 Å². The third kappa shape index (κ3) is 6.54. The van der Waals surface area contributed by atoms with E-state index in [1.54, 1.807) is 6.92 Å². The van der Waals surface area contributed by atoms with E-state index in [9.17, 15) is 26.3 Å². The summed E-state index contributed by atoms with van der Waals surface area (Å²) in [7, 11) is 0. The number of allylic oxidation sites excluding steroid dienone is 8. The third-order valence-electron chi connectivity index (χ3n) is 6.77. The van der Waals surface area contributed by atoms with Gasteiger partial charge >= 0.3 is 12.4 Å². The van der Waals surface area contributed by atoms with Gasteiger partial charge in [-0.05, 0) is 49.0 Å². The van der Waals surface area contributed by atoms with Crippen molar-refractivity contribution in [2.45, 2.75) is 46.5 Å². The van der Waals surface area contributed by atoms with Crippen LogP contribution in [0.3, 0.4) is 0 Å². The Balaban J connectivity index is 0.00000228. The molecule has 0 aromatic heterocycles. The van der Waals surface area contributed by atoms with Gasteiger partial charge in [-0.15, -0.1) is 11.1 Å². The van der Waals surface area contributed by atoms with E-state index in [1.807, 2.05) is 51.1 Å². The average Bonchev–Trinajstić information content (AvgIpc) is 3.23. The van der Waals surface area contributed by atoms with Crippen LogP contribution >= 0.6 is 0 Å². The molecule has 0 saturated heterocycles. The Bertz CT molecular complexity index is 1250. The van der Waals surface area contributed by atoms with E-state index >= 15 is 0 Å². The predicted octanol–water partition coefficient (Wildman–Crippen LogP) is 3.08. The summed E-state index contributed by atoms with van der Waals surface area (Å²) in [6, 6.07) is 11.5. The standard InChI is InChI=1S/C28H23F6.2ClH.Hf/c1-15-10-25(26(16(15)2)19-8-6-5-7-9-19)24-14-23(17(3)18(24)4)20-11-21(27(29,30)31)13-22(12-20)28(32,33)34;;;/h5-9,11-13,24H,10H2,1-4H3;2*1H;/q-1;;;/p-2. The molecule has 2 aromatic carbocycles. The van der Waals surface area contributed by atoms with Gasteiger partial charge in [-0.25, -0.2) is 0 Å². The number of alkyl halides is 6.